The zero-order valence-electron chi connectivity index (χ0n) is 16.8. The maximum atomic E-state index is 14.0. The van der Waals surface area contributed by atoms with Gasteiger partial charge in [0.2, 0.25) is 5.88 Å². The molecule has 0 saturated heterocycles. The molecule has 2 N–H and O–H groups in total. The van der Waals surface area contributed by atoms with Crippen LogP contribution in [0.1, 0.15) is 40.0 Å². The number of halogens is 5. The number of carbonyl (C=O) groups is 1. The molecule has 174 valence electrons. The van der Waals surface area contributed by atoms with E-state index in [1.807, 2.05) is 0 Å². The third-order valence-corrected chi connectivity index (χ3v) is 5.52. The number of aromatic carboxylic acids is 1. The number of alkyl halides is 3. The molecule has 0 unspecified atom stereocenters. The zero-order valence-corrected chi connectivity index (χ0v) is 18.4. The van der Waals surface area contributed by atoms with E-state index in [4.69, 9.17) is 33.0 Å². The average Bonchev–Trinajstić information content (AvgIpc) is 2.76. The Labute approximate surface area is 195 Å². The van der Waals surface area contributed by atoms with Gasteiger partial charge < -0.3 is 14.9 Å². The highest BCUT2D eigenvalue weighted by Gasteiger charge is 2.59. The van der Waals surface area contributed by atoms with Crippen LogP contribution in [0, 0.1) is 0 Å². The maximum Gasteiger partial charge on any atom is 0.422 e. The molecular formula is C21H16Cl2F3N3O4. The number of hydrogen-bond acceptors (Lipinski definition) is 6. The Bertz CT molecular complexity index is 1160. The zero-order chi connectivity index (χ0) is 24.4. The number of aromatic nitrogens is 3. The van der Waals surface area contributed by atoms with Gasteiger partial charge in [-0.3, -0.25) is 0 Å². The molecule has 0 aliphatic rings. The van der Waals surface area contributed by atoms with E-state index in [9.17, 15) is 23.1 Å². The van der Waals surface area contributed by atoms with E-state index in [-0.39, 0.29) is 33.9 Å². The van der Waals surface area contributed by atoms with Crippen molar-refractivity contribution in [2.45, 2.75) is 31.2 Å². The first kappa shape index (κ1) is 24.7. The van der Waals surface area contributed by atoms with Crippen LogP contribution in [-0.2, 0) is 12.2 Å². The first-order valence-corrected chi connectivity index (χ1v) is 10.1. The van der Waals surface area contributed by atoms with Crippen LogP contribution in [0.5, 0.6) is 5.88 Å². The SMILES string of the molecule is C[C@H](c1ccc(COc2cnc(C(=O)O)cn2)cc1Cl)[C@@](O)(c1ccnc(Cl)c1)C(F)(F)F. The van der Waals surface area contributed by atoms with Crippen molar-refractivity contribution in [3.63, 3.8) is 0 Å². The van der Waals surface area contributed by atoms with Crippen molar-refractivity contribution in [2.24, 2.45) is 0 Å². The van der Waals surface area contributed by atoms with Gasteiger partial charge in [0.25, 0.3) is 0 Å². The highest BCUT2D eigenvalue weighted by atomic mass is 35.5. The van der Waals surface area contributed by atoms with Gasteiger partial charge >= 0.3 is 12.1 Å². The minimum Gasteiger partial charge on any atom is -0.476 e. The number of nitrogens with zero attached hydrogens (tertiary/aromatic N) is 3. The van der Waals surface area contributed by atoms with Crippen molar-refractivity contribution in [3.05, 3.63) is 81.5 Å². The van der Waals surface area contributed by atoms with Crippen LogP contribution in [0.15, 0.2) is 48.9 Å². The van der Waals surface area contributed by atoms with Crippen LogP contribution in [0.2, 0.25) is 10.2 Å². The second kappa shape index (κ2) is 9.50. The summed E-state index contributed by atoms with van der Waals surface area (Å²) in [4.78, 5) is 21.9. The molecule has 7 nitrogen and oxygen atoms in total. The van der Waals surface area contributed by atoms with E-state index in [0.29, 0.717) is 5.56 Å². The summed E-state index contributed by atoms with van der Waals surface area (Å²) in [6.07, 6.45) is -1.80. The molecule has 3 aromatic rings. The van der Waals surface area contributed by atoms with Crippen molar-refractivity contribution >= 4 is 29.2 Å². The maximum absolute atomic E-state index is 14.0. The van der Waals surface area contributed by atoms with Gasteiger partial charge in [-0.05, 0) is 34.9 Å². The summed E-state index contributed by atoms with van der Waals surface area (Å²) < 4.78 is 47.5. The number of hydrogen-bond donors (Lipinski definition) is 2. The molecule has 2 aromatic heterocycles. The Kier molecular flexibility index (Phi) is 7.11. The number of benzene rings is 1. The van der Waals surface area contributed by atoms with E-state index >= 15 is 0 Å². The third-order valence-electron chi connectivity index (χ3n) is 4.99. The van der Waals surface area contributed by atoms with Crippen molar-refractivity contribution < 1.29 is 32.9 Å². The van der Waals surface area contributed by atoms with Crippen molar-refractivity contribution in [3.8, 4) is 5.88 Å². The second-order valence-electron chi connectivity index (χ2n) is 7.04. The number of pyridine rings is 1. The number of carboxylic acids is 1. The van der Waals surface area contributed by atoms with E-state index < -0.39 is 29.2 Å². The Hall–Kier alpha value is -2.95. The smallest absolute Gasteiger partial charge is 0.422 e. The van der Waals surface area contributed by atoms with Gasteiger partial charge in [0.05, 0.1) is 12.4 Å². The van der Waals surface area contributed by atoms with Gasteiger partial charge in [0, 0.05) is 17.1 Å². The molecule has 0 aliphatic carbocycles. The first-order valence-electron chi connectivity index (χ1n) is 9.31. The van der Waals surface area contributed by atoms with Crippen LogP contribution in [0.3, 0.4) is 0 Å². The summed E-state index contributed by atoms with van der Waals surface area (Å²) in [5.74, 6) is -2.68. The van der Waals surface area contributed by atoms with Crippen LogP contribution in [0.4, 0.5) is 13.2 Å². The molecule has 0 spiro atoms. The quantitative estimate of drug-likeness (QED) is 0.438. The molecule has 0 aliphatic heterocycles. The van der Waals surface area contributed by atoms with Crippen LogP contribution >= 0.6 is 23.2 Å². The minimum atomic E-state index is -5.04. The van der Waals surface area contributed by atoms with Crippen LogP contribution < -0.4 is 4.74 Å². The molecule has 0 saturated carbocycles. The van der Waals surface area contributed by atoms with Gasteiger partial charge in [-0.15, -0.1) is 0 Å². The summed E-state index contributed by atoms with van der Waals surface area (Å²) in [5, 5.41) is 19.4. The van der Waals surface area contributed by atoms with Crippen molar-refractivity contribution in [2.75, 3.05) is 0 Å². The summed E-state index contributed by atoms with van der Waals surface area (Å²) in [5.41, 5.74) is -3.44. The predicted molar refractivity (Wildman–Crippen MR) is 112 cm³/mol. The molecule has 0 radical (unpaired) electrons. The summed E-state index contributed by atoms with van der Waals surface area (Å²) >= 11 is 12.0. The van der Waals surface area contributed by atoms with E-state index in [1.54, 1.807) is 0 Å². The molecule has 33 heavy (non-hydrogen) atoms. The molecular weight excluding hydrogens is 486 g/mol. The van der Waals surface area contributed by atoms with Gasteiger partial charge in [0.15, 0.2) is 11.3 Å². The van der Waals surface area contributed by atoms with Crippen molar-refractivity contribution in [1.82, 2.24) is 15.0 Å². The Morgan fingerprint density at radius 2 is 1.85 bits per heavy atom. The summed E-state index contributed by atoms with van der Waals surface area (Å²) in [7, 11) is 0. The first-order chi connectivity index (χ1) is 15.4. The van der Waals surface area contributed by atoms with E-state index in [1.165, 1.54) is 25.1 Å². The van der Waals surface area contributed by atoms with Crippen LogP contribution in [0.25, 0.3) is 0 Å². The van der Waals surface area contributed by atoms with Gasteiger partial charge in [0.1, 0.15) is 11.8 Å². The van der Waals surface area contributed by atoms with Gasteiger partial charge in [-0.1, -0.05) is 42.3 Å². The Morgan fingerprint density at radius 3 is 2.39 bits per heavy atom. The normalized spacial score (nSPS) is 14.4. The largest absolute Gasteiger partial charge is 0.476 e. The number of rotatable bonds is 7. The fourth-order valence-corrected chi connectivity index (χ4v) is 3.73. The Balaban J connectivity index is 1.84. The number of aliphatic hydroxyl groups is 1. The minimum absolute atomic E-state index is 0.0151. The molecule has 0 fully saturated rings. The summed E-state index contributed by atoms with van der Waals surface area (Å²) in [6, 6.07) is 6.27. The molecule has 2 atom stereocenters. The average molecular weight is 502 g/mol. The number of ether oxygens (including phenoxy) is 1. The van der Waals surface area contributed by atoms with Crippen molar-refractivity contribution in [1.29, 1.82) is 0 Å². The lowest BCUT2D eigenvalue weighted by Gasteiger charge is -2.37. The lowest BCUT2D eigenvalue weighted by atomic mass is 9.78. The Morgan fingerprint density at radius 1 is 1.12 bits per heavy atom. The molecule has 2 heterocycles. The third kappa shape index (κ3) is 5.18. The van der Waals surface area contributed by atoms with E-state index in [2.05, 4.69) is 15.0 Å². The second-order valence-corrected chi connectivity index (χ2v) is 7.84. The fourth-order valence-electron chi connectivity index (χ4n) is 3.19. The molecule has 0 bridgehead atoms. The molecule has 3 rings (SSSR count). The van der Waals surface area contributed by atoms with Gasteiger partial charge in [-0.25, -0.2) is 19.7 Å². The molecule has 12 heteroatoms. The van der Waals surface area contributed by atoms with E-state index in [0.717, 1.165) is 30.7 Å². The van der Waals surface area contributed by atoms with Crippen LogP contribution in [-0.4, -0.2) is 37.3 Å². The molecule has 1 aromatic carbocycles. The fraction of sp³-hybridized carbons (Fsp3) is 0.238. The standard InChI is InChI=1S/C21H16Cl2F3N3O4/c1-11(20(32,21(24,25)26)13-4-5-27-17(23)7-13)14-3-2-12(6-15(14)22)10-33-18-9-28-16(8-29-18)19(30)31/h2-9,11,32H,10H2,1H3,(H,30,31)/t11-,20-/m1/s1. The highest BCUT2D eigenvalue weighted by Crippen LogP contribution is 2.50. The lowest BCUT2D eigenvalue weighted by Crippen LogP contribution is -2.46. The summed E-state index contributed by atoms with van der Waals surface area (Å²) in [6.45, 7) is 1.15. The topological polar surface area (TPSA) is 105 Å². The molecule has 0 amide bonds. The monoisotopic (exact) mass is 501 g/mol. The highest BCUT2D eigenvalue weighted by molar-refractivity contribution is 6.31. The predicted octanol–water partition coefficient (Wildman–Crippen LogP) is 5.01. The number of carboxylic acid groups (broad SMARTS) is 1. The lowest BCUT2D eigenvalue weighted by molar-refractivity contribution is -0.274. The van der Waals surface area contributed by atoms with Gasteiger partial charge in [-0.2, -0.15) is 13.2 Å².